The summed E-state index contributed by atoms with van der Waals surface area (Å²) in [5, 5.41) is 3.36. The van der Waals surface area contributed by atoms with Crippen LogP contribution in [-0.4, -0.2) is 31.1 Å². The third-order valence-corrected chi connectivity index (χ3v) is 3.55. The maximum absolute atomic E-state index is 13.3. The molecule has 0 spiro atoms. The summed E-state index contributed by atoms with van der Waals surface area (Å²) in [6, 6.07) is 5.76. The van der Waals surface area contributed by atoms with Gasteiger partial charge in [-0.15, -0.1) is 31.4 Å². The highest BCUT2D eigenvalue weighted by Crippen LogP contribution is 2.26. The van der Waals surface area contributed by atoms with Crippen LogP contribution >= 0.6 is 24.8 Å². The Morgan fingerprint density at radius 2 is 2.00 bits per heavy atom. The van der Waals surface area contributed by atoms with Crippen LogP contribution in [0.25, 0.3) is 0 Å². The minimum absolute atomic E-state index is 0. The molecule has 1 atom stereocenters. The van der Waals surface area contributed by atoms with Crippen molar-refractivity contribution in [1.82, 2.24) is 10.2 Å². The average Bonchev–Trinajstić information content (AvgIpc) is 2.40. The topological polar surface area (TPSA) is 15.3 Å². The van der Waals surface area contributed by atoms with Gasteiger partial charge in [-0.25, -0.2) is 4.39 Å². The summed E-state index contributed by atoms with van der Waals surface area (Å²) in [4.78, 5) is 2.45. The normalized spacial score (nSPS) is 16.7. The number of piperazine rings is 1. The molecule has 1 saturated heterocycles. The van der Waals surface area contributed by atoms with Crippen LogP contribution in [0.3, 0.4) is 0 Å². The zero-order valence-corrected chi connectivity index (χ0v) is 13.4. The molecule has 0 aromatic heterocycles. The lowest BCUT2D eigenvalue weighted by molar-refractivity contribution is 0.174. The van der Waals surface area contributed by atoms with Crippen molar-refractivity contribution < 1.29 is 4.39 Å². The van der Waals surface area contributed by atoms with Crippen LogP contribution in [0, 0.1) is 12.7 Å². The summed E-state index contributed by atoms with van der Waals surface area (Å²) in [6.07, 6.45) is 2.86. The number of nitrogens with one attached hydrogen (secondary N) is 1. The van der Waals surface area contributed by atoms with Crippen molar-refractivity contribution in [2.75, 3.05) is 26.2 Å². The van der Waals surface area contributed by atoms with E-state index in [0.29, 0.717) is 6.04 Å². The van der Waals surface area contributed by atoms with E-state index in [-0.39, 0.29) is 30.6 Å². The van der Waals surface area contributed by atoms with E-state index < -0.39 is 0 Å². The largest absolute Gasteiger partial charge is 0.314 e. The standard InChI is InChI=1S/C15H21FN2.2ClH/c1-3-4-15(18-9-7-17-8-10-18)13-5-6-14(16)12(2)11-13;;/h3,5-6,11,15,17H,1,4,7-10H2,2H3;2*1H/t15-;;/m0../s1. The maximum atomic E-state index is 13.3. The number of hydrogen-bond donors (Lipinski definition) is 1. The second-order valence-corrected chi connectivity index (χ2v) is 4.83. The Morgan fingerprint density at radius 1 is 1.35 bits per heavy atom. The summed E-state index contributed by atoms with van der Waals surface area (Å²) >= 11 is 0. The Kier molecular flexibility index (Phi) is 9.06. The number of nitrogens with zero attached hydrogens (tertiary/aromatic N) is 1. The summed E-state index contributed by atoms with van der Waals surface area (Å²) in [7, 11) is 0. The highest BCUT2D eigenvalue weighted by Gasteiger charge is 2.21. The molecule has 2 nitrogen and oxygen atoms in total. The Labute approximate surface area is 133 Å². The third-order valence-electron chi connectivity index (χ3n) is 3.55. The number of halogens is 3. The quantitative estimate of drug-likeness (QED) is 0.854. The van der Waals surface area contributed by atoms with Gasteiger partial charge in [0, 0.05) is 32.2 Å². The first-order valence-electron chi connectivity index (χ1n) is 6.54. The van der Waals surface area contributed by atoms with Crippen LogP contribution in [0.1, 0.15) is 23.6 Å². The summed E-state index contributed by atoms with van der Waals surface area (Å²) in [5.41, 5.74) is 1.91. The highest BCUT2D eigenvalue weighted by molar-refractivity contribution is 5.85. The second kappa shape index (κ2) is 9.35. The van der Waals surface area contributed by atoms with E-state index in [2.05, 4.69) is 16.8 Å². The minimum atomic E-state index is -0.128. The molecule has 20 heavy (non-hydrogen) atoms. The molecule has 0 bridgehead atoms. The highest BCUT2D eigenvalue weighted by atomic mass is 35.5. The van der Waals surface area contributed by atoms with Gasteiger partial charge in [-0.05, 0) is 30.5 Å². The lowest BCUT2D eigenvalue weighted by Gasteiger charge is -2.35. The average molecular weight is 321 g/mol. The molecule has 114 valence electrons. The van der Waals surface area contributed by atoms with Crippen LogP contribution in [0.5, 0.6) is 0 Å². The molecule has 1 aromatic rings. The van der Waals surface area contributed by atoms with Crippen LogP contribution in [0.2, 0.25) is 0 Å². The van der Waals surface area contributed by atoms with Gasteiger partial charge in [-0.1, -0.05) is 18.2 Å². The van der Waals surface area contributed by atoms with Gasteiger partial charge >= 0.3 is 0 Å². The molecule has 0 amide bonds. The lowest BCUT2D eigenvalue weighted by Crippen LogP contribution is -2.45. The molecule has 0 saturated carbocycles. The van der Waals surface area contributed by atoms with E-state index >= 15 is 0 Å². The van der Waals surface area contributed by atoms with Gasteiger partial charge in [0.25, 0.3) is 0 Å². The van der Waals surface area contributed by atoms with E-state index in [1.807, 2.05) is 25.1 Å². The van der Waals surface area contributed by atoms with Crippen molar-refractivity contribution in [2.45, 2.75) is 19.4 Å². The third kappa shape index (κ3) is 4.74. The Hall–Kier alpha value is -0.610. The van der Waals surface area contributed by atoms with Crippen LogP contribution in [0.4, 0.5) is 4.39 Å². The SMILES string of the molecule is C=CC[C@@H](c1ccc(F)c(C)c1)N1CCNCC1.Cl.Cl. The van der Waals surface area contributed by atoms with E-state index in [9.17, 15) is 4.39 Å². The van der Waals surface area contributed by atoms with Crippen molar-refractivity contribution >= 4 is 24.8 Å². The first-order chi connectivity index (χ1) is 8.72. The van der Waals surface area contributed by atoms with Crippen molar-refractivity contribution in [2.24, 2.45) is 0 Å². The molecule has 5 heteroatoms. The van der Waals surface area contributed by atoms with Gasteiger partial charge < -0.3 is 5.32 Å². The summed E-state index contributed by atoms with van der Waals surface area (Å²) in [6.45, 7) is 9.78. The monoisotopic (exact) mass is 320 g/mol. The molecule has 0 radical (unpaired) electrons. The van der Waals surface area contributed by atoms with Crippen molar-refractivity contribution in [3.05, 3.63) is 47.8 Å². The molecular formula is C15H23Cl2FN2. The molecule has 1 fully saturated rings. The predicted octanol–water partition coefficient (Wildman–Crippen LogP) is 3.50. The molecular weight excluding hydrogens is 298 g/mol. The van der Waals surface area contributed by atoms with Crippen molar-refractivity contribution in [1.29, 1.82) is 0 Å². The number of hydrogen-bond acceptors (Lipinski definition) is 2. The Morgan fingerprint density at radius 3 is 2.55 bits per heavy atom. The Bertz CT molecular complexity index is 420. The second-order valence-electron chi connectivity index (χ2n) is 4.83. The number of benzene rings is 1. The van der Waals surface area contributed by atoms with Gasteiger partial charge in [0.05, 0.1) is 0 Å². The van der Waals surface area contributed by atoms with Crippen molar-refractivity contribution in [3.8, 4) is 0 Å². The van der Waals surface area contributed by atoms with Crippen LogP contribution in [0.15, 0.2) is 30.9 Å². The zero-order chi connectivity index (χ0) is 13.0. The molecule has 0 aliphatic carbocycles. The minimum Gasteiger partial charge on any atom is -0.314 e. The van der Waals surface area contributed by atoms with E-state index in [1.54, 1.807) is 6.07 Å². The molecule has 1 aromatic carbocycles. The van der Waals surface area contributed by atoms with Gasteiger partial charge in [0.15, 0.2) is 0 Å². The van der Waals surface area contributed by atoms with Crippen LogP contribution in [-0.2, 0) is 0 Å². The Balaban J connectivity index is 0.00000180. The summed E-state index contributed by atoms with van der Waals surface area (Å²) < 4.78 is 13.3. The fourth-order valence-corrected chi connectivity index (χ4v) is 2.52. The first-order valence-corrected chi connectivity index (χ1v) is 6.54. The molecule has 1 heterocycles. The van der Waals surface area contributed by atoms with E-state index in [4.69, 9.17) is 0 Å². The predicted molar refractivity (Wildman–Crippen MR) is 87.6 cm³/mol. The molecule has 2 rings (SSSR count). The van der Waals surface area contributed by atoms with Gasteiger partial charge in [0.2, 0.25) is 0 Å². The summed E-state index contributed by atoms with van der Waals surface area (Å²) in [5.74, 6) is -0.128. The molecule has 1 N–H and O–H groups in total. The maximum Gasteiger partial charge on any atom is 0.126 e. The number of aryl methyl sites for hydroxylation is 1. The lowest BCUT2D eigenvalue weighted by atomic mass is 9.99. The fraction of sp³-hybridized carbons (Fsp3) is 0.467. The molecule has 0 unspecified atom stereocenters. The fourth-order valence-electron chi connectivity index (χ4n) is 2.52. The molecule has 1 aliphatic heterocycles. The van der Waals surface area contributed by atoms with E-state index in [1.165, 1.54) is 5.56 Å². The van der Waals surface area contributed by atoms with Crippen LogP contribution < -0.4 is 5.32 Å². The molecule has 1 aliphatic rings. The van der Waals surface area contributed by atoms with Gasteiger partial charge in [0.1, 0.15) is 5.82 Å². The smallest absolute Gasteiger partial charge is 0.126 e. The first kappa shape index (κ1) is 19.4. The number of rotatable bonds is 4. The van der Waals surface area contributed by atoms with Gasteiger partial charge in [-0.3, -0.25) is 4.90 Å². The van der Waals surface area contributed by atoms with Gasteiger partial charge in [-0.2, -0.15) is 0 Å². The van der Waals surface area contributed by atoms with E-state index in [0.717, 1.165) is 38.2 Å². The van der Waals surface area contributed by atoms with Crippen molar-refractivity contribution in [3.63, 3.8) is 0 Å². The zero-order valence-electron chi connectivity index (χ0n) is 11.8.